The first kappa shape index (κ1) is 16.9. The van der Waals surface area contributed by atoms with Gasteiger partial charge in [0.2, 0.25) is 0 Å². The second-order valence-electron chi connectivity index (χ2n) is 8.03. The zero-order valence-electron chi connectivity index (χ0n) is 16.3. The number of thiophene rings is 1. The SMILES string of the molecule is C1=CC2c3ccc4c(ccc5c6ccccc6sc45)c3[S+](c3ccccc3)C2C=C1. The molecular weight excluding hydrogens is 400 g/mol. The number of allylic oxidation sites excluding steroid dienone is 3. The minimum atomic E-state index is 0.0492. The molecule has 0 N–H and O–H groups in total. The first-order valence-electron chi connectivity index (χ1n) is 10.4. The standard InChI is InChI=1S/C28H19S2/c1-2-8-18(9-3-1)30-26-13-7-5-11-20(26)23-16-15-22-24(28(23)30)17-14-21-19-10-4-6-12-25(19)29-27(21)22/h1-17,20,26H/q+1. The molecule has 30 heavy (non-hydrogen) atoms. The summed E-state index contributed by atoms with van der Waals surface area (Å²) in [5.41, 5.74) is 1.51. The Kier molecular flexibility index (Phi) is 3.58. The molecule has 7 rings (SSSR count). The minimum absolute atomic E-state index is 0.0492. The Morgan fingerprint density at radius 1 is 0.633 bits per heavy atom. The van der Waals surface area contributed by atoms with E-state index in [0.29, 0.717) is 11.2 Å². The number of hydrogen-bond acceptors (Lipinski definition) is 1. The van der Waals surface area contributed by atoms with Gasteiger partial charge in [-0.1, -0.05) is 72.8 Å². The molecule has 2 heterocycles. The molecule has 1 aromatic heterocycles. The molecule has 0 spiro atoms. The fourth-order valence-corrected chi connectivity index (χ4v) is 9.31. The molecule has 0 amide bonds. The maximum atomic E-state index is 2.44. The topological polar surface area (TPSA) is 0 Å². The lowest BCUT2D eigenvalue weighted by Crippen LogP contribution is -2.19. The highest BCUT2D eigenvalue weighted by molar-refractivity contribution is 7.98. The van der Waals surface area contributed by atoms with Crippen molar-refractivity contribution in [2.24, 2.45) is 0 Å². The van der Waals surface area contributed by atoms with Crippen LogP contribution in [0, 0.1) is 0 Å². The highest BCUT2D eigenvalue weighted by Gasteiger charge is 2.50. The summed E-state index contributed by atoms with van der Waals surface area (Å²) in [6.45, 7) is 0. The molecule has 0 fully saturated rings. The van der Waals surface area contributed by atoms with Crippen LogP contribution < -0.4 is 0 Å². The molecule has 0 saturated carbocycles. The molecule has 5 aromatic rings. The molecule has 4 aromatic carbocycles. The monoisotopic (exact) mass is 419 g/mol. The van der Waals surface area contributed by atoms with Gasteiger partial charge in [0.25, 0.3) is 0 Å². The van der Waals surface area contributed by atoms with Crippen LogP contribution in [0.1, 0.15) is 11.5 Å². The Hall–Kier alpha value is -2.81. The van der Waals surface area contributed by atoms with Crippen LogP contribution in [0.15, 0.2) is 113 Å². The smallest absolute Gasteiger partial charge is 0.135 e. The molecule has 0 radical (unpaired) electrons. The molecule has 0 nitrogen and oxygen atoms in total. The third-order valence-corrected chi connectivity index (χ3v) is 10.3. The maximum absolute atomic E-state index is 2.44. The van der Waals surface area contributed by atoms with E-state index in [2.05, 4.69) is 103 Å². The quantitative estimate of drug-likeness (QED) is 0.243. The summed E-state index contributed by atoms with van der Waals surface area (Å²) in [7, 11) is 0.0492. The van der Waals surface area contributed by atoms with Crippen molar-refractivity contribution in [2.45, 2.75) is 21.0 Å². The number of hydrogen-bond donors (Lipinski definition) is 0. The van der Waals surface area contributed by atoms with Gasteiger partial charge in [-0.15, -0.1) is 11.3 Å². The molecule has 3 unspecified atom stereocenters. The highest BCUT2D eigenvalue weighted by atomic mass is 32.2. The lowest BCUT2D eigenvalue weighted by molar-refractivity contribution is 0.879. The van der Waals surface area contributed by atoms with Gasteiger partial charge in [-0.25, -0.2) is 0 Å². The van der Waals surface area contributed by atoms with Gasteiger partial charge in [-0.05, 0) is 30.3 Å². The molecule has 0 bridgehead atoms. The Bertz CT molecular complexity index is 1500. The zero-order valence-corrected chi connectivity index (χ0v) is 17.9. The van der Waals surface area contributed by atoms with Gasteiger partial charge in [-0.3, -0.25) is 0 Å². The van der Waals surface area contributed by atoms with Crippen LogP contribution in [0.25, 0.3) is 30.9 Å². The normalized spacial score (nSPS) is 22.1. The molecule has 1 aliphatic heterocycles. The van der Waals surface area contributed by atoms with E-state index in [1.165, 1.54) is 41.4 Å². The van der Waals surface area contributed by atoms with Crippen LogP contribution in [0.5, 0.6) is 0 Å². The van der Waals surface area contributed by atoms with Crippen molar-refractivity contribution in [3.63, 3.8) is 0 Å². The third kappa shape index (κ3) is 2.24. The van der Waals surface area contributed by atoms with E-state index in [9.17, 15) is 0 Å². The van der Waals surface area contributed by atoms with Crippen molar-refractivity contribution in [3.8, 4) is 0 Å². The Morgan fingerprint density at radius 2 is 1.37 bits per heavy atom. The predicted octanol–water partition coefficient (Wildman–Crippen LogP) is 7.84. The lowest BCUT2D eigenvalue weighted by Gasteiger charge is -2.14. The van der Waals surface area contributed by atoms with Crippen molar-refractivity contribution in [2.75, 3.05) is 0 Å². The molecule has 2 aliphatic rings. The van der Waals surface area contributed by atoms with E-state index in [0.717, 1.165) is 0 Å². The average Bonchev–Trinajstić information content (AvgIpc) is 3.36. The Balaban J connectivity index is 1.58. The van der Waals surface area contributed by atoms with E-state index < -0.39 is 0 Å². The Labute approximate surface area is 182 Å². The van der Waals surface area contributed by atoms with Gasteiger partial charge < -0.3 is 0 Å². The van der Waals surface area contributed by atoms with E-state index in [-0.39, 0.29) is 10.9 Å². The minimum Gasteiger partial charge on any atom is -0.135 e. The van der Waals surface area contributed by atoms with Gasteiger partial charge in [0.15, 0.2) is 15.0 Å². The second kappa shape index (κ2) is 6.34. The van der Waals surface area contributed by atoms with Gasteiger partial charge >= 0.3 is 0 Å². The van der Waals surface area contributed by atoms with E-state index in [1.54, 1.807) is 4.90 Å². The number of rotatable bonds is 1. The molecular formula is C28H19S2+. The fraction of sp³-hybridized carbons (Fsp3) is 0.0714. The number of benzene rings is 4. The first-order valence-corrected chi connectivity index (χ1v) is 12.5. The number of fused-ring (bicyclic) bond motifs is 9. The largest absolute Gasteiger partial charge is 0.173 e. The summed E-state index contributed by atoms with van der Waals surface area (Å²) in [5.74, 6) is 0.482. The molecule has 2 heteroatoms. The van der Waals surface area contributed by atoms with Crippen LogP contribution >= 0.6 is 11.3 Å². The van der Waals surface area contributed by atoms with Gasteiger partial charge in [0.05, 0.1) is 16.8 Å². The summed E-state index contributed by atoms with van der Waals surface area (Å²) in [6.07, 6.45) is 9.30. The van der Waals surface area contributed by atoms with Crippen molar-refractivity contribution in [1.29, 1.82) is 0 Å². The summed E-state index contributed by atoms with van der Waals surface area (Å²) in [5, 5.41) is 6.14. The zero-order chi connectivity index (χ0) is 19.7. The van der Waals surface area contributed by atoms with Crippen molar-refractivity contribution < 1.29 is 0 Å². The predicted molar refractivity (Wildman–Crippen MR) is 132 cm³/mol. The van der Waals surface area contributed by atoms with Gasteiger partial charge in [-0.2, -0.15) is 0 Å². The van der Waals surface area contributed by atoms with Crippen molar-refractivity contribution >= 4 is 53.2 Å². The van der Waals surface area contributed by atoms with Gasteiger partial charge in [0, 0.05) is 36.5 Å². The molecule has 1 aliphatic carbocycles. The van der Waals surface area contributed by atoms with E-state index >= 15 is 0 Å². The fourth-order valence-electron chi connectivity index (χ4n) is 5.16. The Morgan fingerprint density at radius 3 is 2.30 bits per heavy atom. The van der Waals surface area contributed by atoms with Crippen LogP contribution in [-0.4, -0.2) is 5.25 Å². The lowest BCUT2D eigenvalue weighted by atomic mass is 9.91. The van der Waals surface area contributed by atoms with E-state index in [4.69, 9.17) is 0 Å². The summed E-state index contributed by atoms with van der Waals surface area (Å²) < 4.78 is 2.80. The van der Waals surface area contributed by atoms with Crippen LogP contribution in [0.4, 0.5) is 0 Å². The summed E-state index contributed by atoms with van der Waals surface area (Å²) in [6, 6.07) is 29.5. The maximum Gasteiger partial charge on any atom is 0.173 e. The van der Waals surface area contributed by atoms with E-state index in [1.807, 2.05) is 11.3 Å². The van der Waals surface area contributed by atoms with Crippen LogP contribution in [0.2, 0.25) is 0 Å². The van der Waals surface area contributed by atoms with Gasteiger partial charge in [0.1, 0.15) is 0 Å². The van der Waals surface area contributed by atoms with Crippen molar-refractivity contribution in [3.05, 3.63) is 109 Å². The highest BCUT2D eigenvalue weighted by Crippen LogP contribution is 2.51. The molecule has 3 atom stereocenters. The summed E-state index contributed by atoms with van der Waals surface area (Å²) in [4.78, 5) is 3.01. The third-order valence-electron chi connectivity index (χ3n) is 6.45. The first-order chi connectivity index (χ1) is 14.9. The van der Waals surface area contributed by atoms with Crippen LogP contribution in [-0.2, 0) is 10.9 Å². The van der Waals surface area contributed by atoms with Crippen molar-refractivity contribution in [1.82, 2.24) is 0 Å². The second-order valence-corrected chi connectivity index (χ2v) is 11.2. The average molecular weight is 420 g/mol. The molecule has 0 saturated heterocycles. The summed E-state index contributed by atoms with van der Waals surface area (Å²) >= 11 is 1.93. The molecule has 142 valence electrons. The van der Waals surface area contributed by atoms with Crippen LogP contribution in [0.3, 0.4) is 0 Å².